The molecule has 0 bridgehead atoms. The van der Waals surface area contributed by atoms with E-state index in [4.69, 9.17) is 18.9 Å². The summed E-state index contributed by atoms with van der Waals surface area (Å²) in [5, 5.41) is 0. The number of morpholine rings is 1. The van der Waals surface area contributed by atoms with Gasteiger partial charge in [-0.1, -0.05) is 55.3 Å². The summed E-state index contributed by atoms with van der Waals surface area (Å²) >= 11 is 0. The van der Waals surface area contributed by atoms with Crippen LogP contribution in [0.1, 0.15) is 57.6 Å². The first kappa shape index (κ1) is 31.3. The fraction of sp³-hybridized carbons (Fsp3) is 0.545. The second kappa shape index (κ2) is 14.5. The Kier molecular flexibility index (Phi) is 10.8. The van der Waals surface area contributed by atoms with Gasteiger partial charge in [0.25, 0.3) is 0 Å². The molecule has 1 amide bonds. The summed E-state index contributed by atoms with van der Waals surface area (Å²) in [6.45, 7) is 8.40. The van der Waals surface area contributed by atoms with E-state index in [1.54, 1.807) is 27.8 Å². The van der Waals surface area contributed by atoms with Gasteiger partial charge in [0.1, 0.15) is 18.2 Å². The summed E-state index contributed by atoms with van der Waals surface area (Å²) in [7, 11) is 1.54. The van der Waals surface area contributed by atoms with Crippen LogP contribution in [0, 0.1) is 5.92 Å². The highest BCUT2D eigenvalue weighted by Crippen LogP contribution is 2.34. The van der Waals surface area contributed by atoms with E-state index >= 15 is 0 Å². The maximum Gasteiger partial charge on any atom is 0.410 e. The molecule has 9 nitrogen and oxygen atoms in total. The number of benzene rings is 2. The Labute approximate surface area is 249 Å². The van der Waals surface area contributed by atoms with Crippen LogP contribution in [-0.2, 0) is 41.6 Å². The zero-order valence-corrected chi connectivity index (χ0v) is 25.3. The van der Waals surface area contributed by atoms with Gasteiger partial charge in [-0.3, -0.25) is 4.90 Å². The predicted octanol–water partition coefficient (Wildman–Crippen LogP) is 5.15. The number of hydrogen-bond donors (Lipinski definition) is 0. The van der Waals surface area contributed by atoms with Crippen LogP contribution < -0.4 is 4.90 Å². The van der Waals surface area contributed by atoms with Crippen molar-refractivity contribution >= 4 is 23.7 Å². The number of anilines is 1. The zero-order chi connectivity index (χ0) is 30.1. The summed E-state index contributed by atoms with van der Waals surface area (Å²) in [6.07, 6.45) is 1.82. The summed E-state index contributed by atoms with van der Waals surface area (Å²) in [6, 6.07) is 16.4. The van der Waals surface area contributed by atoms with Gasteiger partial charge in [0, 0.05) is 32.2 Å². The molecule has 1 saturated carbocycles. The van der Waals surface area contributed by atoms with E-state index in [1.165, 1.54) is 4.90 Å². The highest BCUT2D eigenvalue weighted by atomic mass is 16.6. The summed E-state index contributed by atoms with van der Waals surface area (Å²) in [5.41, 5.74) is 2.02. The number of carbonyl (C=O) groups excluding carboxylic acids is 3. The van der Waals surface area contributed by atoms with Crippen LogP contribution in [0.25, 0.3) is 0 Å². The molecule has 1 heterocycles. The van der Waals surface area contributed by atoms with E-state index in [0.717, 1.165) is 49.2 Å². The monoisotopic (exact) mass is 580 g/mol. The number of esters is 2. The lowest BCUT2D eigenvalue weighted by Gasteiger charge is -2.30. The van der Waals surface area contributed by atoms with Gasteiger partial charge in [0.05, 0.1) is 13.2 Å². The van der Waals surface area contributed by atoms with Gasteiger partial charge in [-0.2, -0.15) is 0 Å². The second-order valence-corrected chi connectivity index (χ2v) is 12.1. The van der Waals surface area contributed by atoms with Crippen molar-refractivity contribution in [2.45, 2.75) is 77.2 Å². The van der Waals surface area contributed by atoms with Crippen molar-refractivity contribution in [2.75, 3.05) is 38.3 Å². The van der Waals surface area contributed by atoms with Crippen molar-refractivity contribution in [1.82, 2.24) is 4.90 Å². The topological polar surface area (TPSA) is 94.6 Å². The molecule has 9 heteroatoms. The molecule has 0 spiro atoms. The minimum Gasteiger partial charge on any atom is -0.458 e. The Balaban J connectivity index is 1.49. The largest absolute Gasteiger partial charge is 0.458 e. The maximum absolute atomic E-state index is 13.6. The van der Waals surface area contributed by atoms with Crippen LogP contribution in [0.2, 0.25) is 0 Å². The maximum atomic E-state index is 13.6. The molecular weight excluding hydrogens is 536 g/mol. The lowest BCUT2D eigenvalue weighted by atomic mass is 10.1. The van der Waals surface area contributed by atoms with Crippen molar-refractivity contribution < 1.29 is 33.3 Å². The number of rotatable bonds is 12. The predicted molar refractivity (Wildman–Crippen MR) is 159 cm³/mol. The molecule has 0 N–H and O–H groups in total. The van der Waals surface area contributed by atoms with Crippen LogP contribution >= 0.6 is 0 Å². The molecule has 2 aromatic rings. The Bertz CT molecular complexity index is 1170. The Hall–Kier alpha value is -3.59. The van der Waals surface area contributed by atoms with Crippen molar-refractivity contribution in [3.8, 4) is 0 Å². The number of nitrogens with zero attached hydrogens (tertiary/aromatic N) is 2. The molecule has 228 valence electrons. The first-order valence-corrected chi connectivity index (χ1v) is 14.9. The first-order chi connectivity index (χ1) is 20.1. The number of hydrogen-bond acceptors (Lipinski definition) is 8. The Morgan fingerprint density at radius 3 is 2.24 bits per heavy atom. The molecule has 2 aromatic carbocycles. The van der Waals surface area contributed by atoms with E-state index in [2.05, 4.69) is 4.90 Å². The smallest absolute Gasteiger partial charge is 0.410 e. The average Bonchev–Trinajstić information content (AvgIpc) is 3.80. The fourth-order valence-electron chi connectivity index (χ4n) is 4.82. The van der Waals surface area contributed by atoms with E-state index in [9.17, 15) is 14.4 Å². The molecule has 4 rings (SSSR count). The van der Waals surface area contributed by atoms with Crippen molar-refractivity contribution in [3.05, 3.63) is 65.7 Å². The van der Waals surface area contributed by atoms with E-state index in [-0.39, 0.29) is 13.0 Å². The number of carbonyl (C=O) groups is 3. The van der Waals surface area contributed by atoms with Crippen molar-refractivity contribution in [1.29, 1.82) is 0 Å². The van der Waals surface area contributed by atoms with Crippen molar-refractivity contribution in [3.63, 3.8) is 0 Å². The molecule has 0 radical (unpaired) electrons. The molecule has 2 fully saturated rings. The van der Waals surface area contributed by atoms with E-state index < -0.39 is 35.8 Å². The van der Waals surface area contributed by atoms with Crippen LogP contribution in [0.15, 0.2) is 54.6 Å². The first-order valence-electron chi connectivity index (χ1n) is 14.9. The van der Waals surface area contributed by atoms with Gasteiger partial charge in [-0.05, 0) is 62.8 Å². The third-order valence-corrected chi connectivity index (χ3v) is 7.45. The number of amides is 1. The summed E-state index contributed by atoms with van der Waals surface area (Å²) in [4.78, 5) is 43.4. The molecule has 0 unspecified atom stereocenters. The second-order valence-electron chi connectivity index (χ2n) is 12.1. The highest BCUT2D eigenvalue weighted by Gasteiger charge is 2.36. The van der Waals surface area contributed by atoms with Crippen LogP contribution in [0.4, 0.5) is 10.5 Å². The van der Waals surface area contributed by atoms with Crippen molar-refractivity contribution in [2.24, 2.45) is 5.92 Å². The molecule has 42 heavy (non-hydrogen) atoms. The normalized spacial score (nSPS) is 16.7. The third kappa shape index (κ3) is 9.76. The third-order valence-electron chi connectivity index (χ3n) is 7.45. The lowest BCUT2D eigenvalue weighted by Crippen LogP contribution is -2.47. The van der Waals surface area contributed by atoms with Crippen LogP contribution in [0.3, 0.4) is 0 Å². The average molecular weight is 581 g/mol. The van der Waals surface area contributed by atoms with E-state index in [1.807, 2.05) is 54.6 Å². The Morgan fingerprint density at radius 2 is 1.62 bits per heavy atom. The molecule has 1 saturated heterocycles. The summed E-state index contributed by atoms with van der Waals surface area (Å²) < 4.78 is 22.5. The lowest BCUT2D eigenvalue weighted by molar-refractivity contribution is -0.171. The Morgan fingerprint density at radius 1 is 0.952 bits per heavy atom. The minimum atomic E-state index is -1.18. The molecule has 2 aliphatic rings. The molecule has 1 aliphatic carbocycles. The fourth-order valence-corrected chi connectivity index (χ4v) is 4.82. The molecular formula is C33H44N2O7. The van der Waals surface area contributed by atoms with E-state index in [0.29, 0.717) is 25.6 Å². The number of likely N-dealkylation sites (N-methyl/N-ethyl adjacent to an activating group) is 1. The molecule has 0 aromatic heterocycles. The zero-order valence-electron chi connectivity index (χ0n) is 25.3. The van der Waals surface area contributed by atoms with Crippen LogP contribution in [-0.4, -0.2) is 74.0 Å². The van der Waals surface area contributed by atoms with Gasteiger partial charge < -0.3 is 23.8 Å². The van der Waals surface area contributed by atoms with Gasteiger partial charge in [-0.25, -0.2) is 14.4 Å². The number of ether oxygens (including phenoxy) is 4. The summed E-state index contributed by atoms with van der Waals surface area (Å²) in [5.74, 6) is -0.732. The SMILES string of the molecule is CN(C(=O)OC(C)(C)C)[C@@H](CCC1CC1)C(=O)O[C@H](Cc1ccc(N2CCOCC2)cc1)C(=O)OCc1ccccc1. The van der Waals surface area contributed by atoms with Gasteiger partial charge in [0.2, 0.25) is 6.10 Å². The van der Waals surface area contributed by atoms with Gasteiger partial charge in [-0.15, -0.1) is 0 Å². The van der Waals surface area contributed by atoms with Gasteiger partial charge >= 0.3 is 18.0 Å². The molecule has 2 atom stereocenters. The standard InChI is InChI=1S/C33H44N2O7/c1-33(2,3)42-32(38)34(4)28(17-14-24-10-11-24)30(36)41-29(31(37)40-23-26-8-6-5-7-9-26)22-25-12-15-27(16-13-25)35-18-20-39-21-19-35/h5-9,12-13,15-16,24,28-29H,10-11,14,17-23H2,1-4H3/t28-,29+/m0/s1. The quantitative estimate of drug-likeness (QED) is 0.252. The highest BCUT2D eigenvalue weighted by molar-refractivity contribution is 5.84. The van der Waals surface area contributed by atoms with Crippen LogP contribution in [0.5, 0.6) is 0 Å². The van der Waals surface area contributed by atoms with Gasteiger partial charge in [0.15, 0.2) is 0 Å². The minimum absolute atomic E-state index is 0.0621. The molecule has 1 aliphatic heterocycles.